The van der Waals surface area contributed by atoms with Crippen LogP contribution in [0.25, 0.3) is 12.2 Å². The Labute approximate surface area is 184 Å². The average Bonchev–Trinajstić information content (AvgIpc) is 2.67. The second-order valence-electron chi connectivity index (χ2n) is 9.02. The Morgan fingerprint density at radius 2 is 1.13 bits per heavy atom. The molecule has 0 spiro atoms. The first-order valence-corrected chi connectivity index (χ1v) is 11.0. The largest absolute Gasteiger partial charge is 0.383 e. The maximum Gasteiger partial charge on any atom is 0.185 e. The van der Waals surface area contributed by atoms with E-state index >= 15 is 0 Å². The Bertz CT molecular complexity index is 854. The fraction of sp³-hybridized carbons (Fsp3) is 0.370. The molecule has 2 aromatic carbocycles. The van der Waals surface area contributed by atoms with E-state index in [-0.39, 0.29) is 8.64 Å². The molecule has 162 valence electrons. The Morgan fingerprint density at radius 3 is 1.47 bits per heavy atom. The van der Waals surface area contributed by atoms with Crippen molar-refractivity contribution >= 4 is 29.3 Å². The number of allylic oxidation sites excluding steroid dienone is 2. The summed E-state index contributed by atoms with van der Waals surface area (Å²) in [6.45, 7) is 10.7. The molecule has 1 saturated carbocycles. The summed E-state index contributed by atoms with van der Waals surface area (Å²) < 4.78 is 0. The number of benzene rings is 2. The molecule has 0 bridgehead atoms. The van der Waals surface area contributed by atoms with E-state index in [2.05, 4.69) is 106 Å². The van der Waals surface area contributed by atoms with E-state index in [4.69, 9.17) is 0 Å². The molecule has 0 atom stereocenters. The lowest BCUT2D eigenvalue weighted by Crippen LogP contribution is -2.18. The number of ketones is 1. The minimum Gasteiger partial charge on any atom is -0.383 e. The molecule has 0 heterocycles. The van der Waals surface area contributed by atoms with E-state index in [1.807, 2.05) is 0 Å². The quantitative estimate of drug-likeness (QED) is 0.495. The smallest absolute Gasteiger partial charge is 0.185 e. The van der Waals surface area contributed by atoms with Crippen LogP contribution < -0.4 is 10.6 Å². The van der Waals surface area contributed by atoms with E-state index in [0.29, 0.717) is 18.0 Å². The second kappa shape index (κ2) is 9.80. The van der Waals surface area contributed by atoms with Crippen molar-refractivity contribution in [2.75, 3.05) is 10.6 Å². The third-order valence-electron chi connectivity index (χ3n) is 5.13. The lowest BCUT2D eigenvalue weighted by Gasteiger charge is -2.23. The van der Waals surface area contributed by atoms with Crippen molar-refractivity contribution in [3.63, 3.8) is 0 Å². The Hall–Kier alpha value is -2.81. The number of rotatable bonds is 6. The van der Waals surface area contributed by atoms with E-state index in [1.54, 1.807) is 0 Å². The summed E-state index contributed by atoms with van der Waals surface area (Å²) in [5.41, 5.74) is 6.17. The van der Waals surface area contributed by atoms with Crippen LogP contribution in [0, 0.1) is 5.92 Å². The average molecular weight is 407 g/mol. The van der Waals surface area contributed by atoms with Crippen molar-refractivity contribution in [2.24, 2.45) is 5.92 Å². The summed E-state index contributed by atoms with van der Waals surface area (Å²) in [5.74, 6) is 0.644. The van der Waals surface area contributed by atoms with Crippen LogP contribution in [0.15, 0.2) is 59.7 Å². The molecule has 0 amide bonds. The monoisotopic (exact) mass is 406 g/mol. The SMILES string of the molecule is CC1C/C(=C\c2ccc(NC(C)C)cc2)C(=O)/C(=C/c2ccc(NC(C)C)cc2)C1.[HH].[HH]. The fourth-order valence-electron chi connectivity index (χ4n) is 3.88. The van der Waals surface area contributed by atoms with Gasteiger partial charge in [0, 0.05) is 37.5 Å². The Kier molecular flexibility index (Phi) is 7.15. The highest BCUT2D eigenvalue weighted by Gasteiger charge is 2.25. The fourth-order valence-corrected chi connectivity index (χ4v) is 3.88. The number of carbonyl (C=O) groups is 1. The van der Waals surface area contributed by atoms with Crippen LogP contribution in [-0.2, 0) is 4.79 Å². The van der Waals surface area contributed by atoms with Crippen molar-refractivity contribution in [3.05, 3.63) is 70.8 Å². The summed E-state index contributed by atoms with van der Waals surface area (Å²) in [5, 5.41) is 6.80. The number of Topliss-reactive ketones (excluding diaryl/α,β-unsaturated/α-hetero) is 1. The van der Waals surface area contributed by atoms with Crippen LogP contribution in [0.4, 0.5) is 11.4 Å². The van der Waals surface area contributed by atoms with Crippen molar-refractivity contribution in [2.45, 2.75) is 59.5 Å². The van der Waals surface area contributed by atoms with Gasteiger partial charge in [0.15, 0.2) is 5.78 Å². The molecular weight excluding hydrogens is 368 g/mol. The molecule has 30 heavy (non-hydrogen) atoms. The van der Waals surface area contributed by atoms with Crippen LogP contribution in [0.1, 0.15) is 61.4 Å². The van der Waals surface area contributed by atoms with Crippen LogP contribution in [0.2, 0.25) is 0 Å². The first-order valence-electron chi connectivity index (χ1n) is 11.0. The lowest BCUT2D eigenvalue weighted by atomic mass is 9.81. The van der Waals surface area contributed by atoms with Gasteiger partial charge in [-0.05, 0) is 94.0 Å². The summed E-state index contributed by atoms with van der Waals surface area (Å²) >= 11 is 0. The number of hydrogen-bond acceptors (Lipinski definition) is 3. The highest BCUT2D eigenvalue weighted by Crippen LogP contribution is 2.32. The van der Waals surface area contributed by atoms with E-state index in [1.165, 1.54) is 0 Å². The number of anilines is 2. The van der Waals surface area contributed by atoms with Gasteiger partial charge in [-0.3, -0.25) is 4.79 Å². The second-order valence-corrected chi connectivity index (χ2v) is 9.02. The van der Waals surface area contributed by atoms with Gasteiger partial charge in [0.05, 0.1) is 0 Å². The zero-order valence-electron chi connectivity index (χ0n) is 18.8. The minimum atomic E-state index is 0. The summed E-state index contributed by atoms with van der Waals surface area (Å²) in [6, 6.07) is 17.4. The zero-order valence-corrected chi connectivity index (χ0v) is 18.8. The summed E-state index contributed by atoms with van der Waals surface area (Å²) in [4.78, 5) is 13.1. The molecule has 1 aliphatic rings. The molecule has 2 aromatic rings. The molecule has 3 nitrogen and oxygen atoms in total. The van der Waals surface area contributed by atoms with Crippen LogP contribution >= 0.6 is 0 Å². The van der Waals surface area contributed by atoms with Gasteiger partial charge in [-0.25, -0.2) is 0 Å². The molecule has 0 saturated heterocycles. The van der Waals surface area contributed by atoms with Gasteiger partial charge in [0.1, 0.15) is 0 Å². The third-order valence-corrected chi connectivity index (χ3v) is 5.13. The Balaban J connectivity index is 0.00000256. The molecule has 3 rings (SSSR count). The van der Waals surface area contributed by atoms with Gasteiger partial charge in [-0.2, -0.15) is 0 Å². The van der Waals surface area contributed by atoms with E-state index < -0.39 is 0 Å². The van der Waals surface area contributed by atoms with Crippen LogP contribution in [0.5, 0.6) is 0 Å². The standard InChI is InChI=1S/C27H34N2O.2H2/c1-18(2)28-25-10-6-21(7-11-25)16-23-14-20(5)15-24(27(23)30)17-22-8-12-26(13-9-22)29-19(3)4;;/h6-13,16-20,28-29H,14-15H2,1-5H3;2*1H/b23-16+,24-17+;;. The normalized spacial score (nSPS) is 19.7. The van der Waals surface area contributed by atoms with Crippen molar-refractivity contribution < 1.29 is 7.65 Å². The maximum atomic E-state index is 13.1. The lowest BCUT2D eigenvalue weighted by molar-refractivity contribution is -0.113. The Morgan fingerprint density at radius 1 is 0.767 bits per heavy atom. The first kappa shape index (κ1) is 21.9. The summed E-state index contributed by atoms with van der Waals surface area (Å²) in [7, 11) is 0. The van der Waals surface area contributed by atoms with Gasteiger partial charge < -0.3 is 10.6 Å². The van der Waals surface area contributed by atoms with Gasteiger partial charge in [0.2, 0.25) is 0 Å². The first-order chi connectivity index (χ1) is 14.3. The van der Waals surface area contributed by atoms with Gasteiger partial charge in [0.25, 0.3) is 0 Å². The van der Waals surface area contributed by atoms with Crippen molar-refractivity contribution in [1.82, 2.24) is 0 Å². The zero-order chi connectivity index (χ0) is 21.7. The third kappa shape index (κ3) is 6.09. The topological polar surface area (TPSA) is 41.1 Å². The number of nitrogens with one attached hydrogen (secondary N) is 2. The molecule has 0 aromatic heterocycles. The maximum absolute atomic E-state index is 13.1. The van der Waals surface area contributed by atoms with Gasteiger partial charge in [-0.1, -0.05) is 31.2 Å². The predicted molar refractivity (Wildman–Crippen MR) is 134 cm³/mol. The van der Waals surface area contributed by atoms with E-state index in [9.17, 15) is 4.79 Å². The number of hydrogen-bond donors (Lipinski definition) is 2. The molecular formula is C27H38N2O. The molecule has 0 unspecified atom stereocenters. The van der Waals surface area contributed by atoms with Gasteiger partial charge >= 0.3 is 0 Å². The highest BCUT2D eigenvalue weighted by molar-refractivity contribution is 6.14. The van der Waals surface area contributed by atoms with Crippen LogP contribution in [-0.4, -0.2) is 17.9 Å². The highest BCUT2D eigenvalue weighted by atomic mass is 16.1. The molecule has 0 aliphatic heterocycles. The molecule has 2 N–H and O–H groups in total. The van der Waals surface area contributed by atoms with Crippen molar-refractivity contribution in [3.8, 4) is 0 Å². The van der Waals surface area contributed by atoms with Crippen molar-refractivity contribution in [1.29, 1.82) is 0 Å². The molecule has 1 fully saturated rings. The number of carbonyl (C=O) groups excluding carboxylic acids is 1. The van der Waals surface area contributed by atoms with Crippen LogP contribution in [0.3, 0.4) is 0 Å². The van der Waals surface area contributed by atoms with Gasteiger partial charge in [-0.15, -0.1) is 0 Å². The van der Waals surface area contributed by atoms with E-state index in [0.717, 1.165) is 46.5 Å². The molecule has 0 radical (unpaired) electrons. The molecule has 1 aliphatic carbocycles. The predicted octanol–water partition coefficient (Wildman–Crippen LogP) is 7.29. The minimum absolute atomic E-state index is 0. The summed E-state index contributed by atoms with van der Waals surface area (Å²) in [6.07, 6.45) is 5.78. The molecule has 3 heteroatoms.